The Bertz CT molecular complexity index is 1600. The molecule has 3 amide bonds. The number of hydrogen-bond donors (Lipinski definition) is 2. The van der Waals surface area contributed by atoms with E-state index in [4.69, 9.17) is 5.73 Å². The highest BCUT2D eigenvalue weighted by molar-refractivity contribution is 5.89. The van der Waals surface area contributed by atoms with Crippen molar-refractivity contribution in [3.8, 4) is 0 Å². The maximum atomic E-state index is 13.5. The molecule has 1 aliphatic heterocycles. The van der Waals surface area contributed by atoms with E-state index in [2.05, 4.69) is 14.9 Å². The first kappa shape index (κ1) is 30.1. The molecule has 0 spiro atoms. The lowest BCUT2D eigenvalue weighted by molar-refractivity contribution is -0.123. The van der Waals surface area contributed by atoms with Crippen LogP contribution in [0.25, 0.3) is 16.8 Å². The second kappa shape index (κ2) is 12.1. The molecule has 4 aromatic rings. The number of nitrogens with one attached hydrogen (secondary N) is 1. The lowest BCUT2D eigenvalue weighted by Gasteiger charge is -2.22. The van der Waals surface area contributed by atoms with Gasteiger partial charge in [0.05, 0.1) is 11.7 Å². The van der Waals surface area contributed by atoms with Crippen molar-refractivity contribution >= 4 is 34.6 Å². The van der Waals surface area contributed by atoms with E-state index in [1.165, 1.54) is 9.47 Å². The van der Waals surface area contributed by atoms with Crippen molar-refractivity contribution in [3.05, 3.63) is 60.2 Å². The summed E-state index contributed by atoms with van der Waals surface area (Å²) in [6.45, 7) is 3.08. The summed E-state index contributed by atoms with van der Waals surface area (Å²) < 4.78 is 41.4. The molecular formula is C29H36F3N9O2. The van der Waals surface area contributed by atoms with E-state index < -0.39 is 18.8 Å². The van der Waals surface area contributed by atoms with Crippen molar-refractivity contribution < 1.29 is 22.8 Å². The fourth-order valence-electron chi connectivity index (χ4n) is 5.67. The fraction of sp³-hybridized carbons (Fsp3) is 0.448. The van der Waals surface area contributed by atoms with Gasteiger partial charge >= 0.3 is 18.2 Å². The molecule has 0 bridgehead atoms. The largest absolute Gasteiger partial charge is 0.405 e. The third-order valence-corrected chi connectivity index (χ3v) is 8.05. The number of fused-ring (bicyclic) bond motifs is 3. The highest BCUT2D eigenvalue weighted by Crippen LogP contribution is 2.36. The van der Waals surface area contributed by atoms with Crippen LogP contribution in [-0.4, -0.2) is 98.7 Å². The third kappa shape index (κ3) is 6.53. The summed E-state index contributed by atoms with van der Waals surface area (Å²) in [5.41, 5.74) is 10.2. The van der Waals surface area contributed by atoms with Crippen molar-refractivity contribution in [1.29, 1.82) is 0 Å². The molecule has 0 radical (unpaired) electrons. The van der Waals surface area contributed by atoms with Crippen LogP contribution in [0, 0.1) is 5.92 Å². The molecule has 3 aromatic heterocycles. The van der Waals surface area contributed by atoms with Crippen LogP contribution in [0.4, 0.5) is 28.4 Å². The predicted molar refractivity (Wildman–Crippen MR) is 157 cm³/mol. The minimum atomic E-state index is -4.48. The van der Waals surface area contributed by atoms with Gasteiger partial charge in [-0.3, -0.25) is 8.97 Å². The summed E-state index contributed by atoms with van der Waals surface area (Å²) in [7, 11) is 3.74. The van der Waals surface area contributed by atoms with Crippen LogP contribution in [0.2, 0.25) is 0 Å². The molecule has 5 rings (SSSR count). The molecule has 0 aliphatic carbocycles. The van der Waals surface area contributed by atoms with Crippen molar-refractivity contribution in [2.24, 2.45) is 5.92 Å². The van der Waals surface area contributed by atoms with E-state index in [1.54, 1.807) is 30.5 Å². The van der Waals surface area contributed by atoms with Gasteiger partial charge in [0.2, 0.25) is 0 Å². The Morgan fingerprint density at radius 1 is 1.07 bits per heavy atom. The van der Waals surface area contributed by atoms with Gasteiger partial charge in [0.15, 0.2) is 11.3 Å². The monoisotopic (exact) mass is 599 g/mol. The van der Waals surface area contributed by atoms with Gasteiger partial charge in [-0.1, -0.05) is 25.5 Å². The van der Waals surface area contributed by atoms with Crippen molar-refractivity contribution in [2.75, 3.05) is 52.6 Å². The molecular weight excluding hydrogens is 563 g/mol. The Balaban J connectivity index is 1.32. The Labute approximate surface area is 247 Å². The van der Waals surface area contributed by atoms with E-state index >= 15 is 0 Å². The molecule has 230 valence electrons. The second-order valence-electron chi connectivity index (χ2n) is 11.2. The Kier molecular flexibility index (Phi) is 8.49. The number of nitrogens with two attached hydrogens (primary N) is 1. The summed E-state index contributed by atoms with van der Waals surface area (Å²) in [6, 6.07) is 8.54. The maximum Gasteiger partial charge on any atom is 0.405 e. The van der Waals surface area contributed by atoms with Gasteiger partial charge < -0.3 is 25.8 Å². The number of amides is 3. The average molecular weight is 600 g/mol. The van der Waals surface area contributed by atoms with E-state index in [0.29, 0.717) is 42.1 Å². The Morgan fingerprint density at radius 3 is 2.51 bits per heavy atom. The predicted octanol–water partition coefficient (Wildman–Crippen LogP) is 4.00. The number of likely N-dealkylation sites (tertiary alicyclic amines) is 1. The van der Waals surface area contributed by atoms with Gasteiger partial charge in [-0.25, -0.2) is 19.6 Å². The SMILES string of the molecule is CCC1CN(C(=O)NCC(F)(F)F)CC1c1cnc2cnc3c(ccn3C(=O)N(C)CCN(C)Cc3ccc(N)cc3)n12. The summed E-state index contributed by atoms with van der Waals surface area (Å²) in [5.74, 6) is -0.125. The number of likely N-dealkylation sites (N-methyl/N-ethyl adjacent to an activating group) is 2. The molecule has 1 aliphatic rings. The standard InChI is InChI=1S/C29H36F3N9O2/c1-4-20-16-39(27(42)36-18-29(30,31)32)17-22(20)24-13-34-25-14-35-26-23(41(24)25)9-10-40(26)28(43)38(3)12-11-37(2)15-19-5-7-21(33)8-6-19/h5-10,13-14,20,22H,4,11-12,15-18,33H2,1-3H3,(H,36,42). The van der Waals surface area contributed by atoms with Crippen LogP contribution in [0.5, 0.6) is 0 Å². The lowest BCUT2D eigenvalue weighted by atomic mass is 9.91. The topological polar surface area (TPSA) is 117 Å². The minimum absolute atomic E-state index is 0.0276. The number of imidazole rings is 1. The molecule has 43 heavy (non-hydrogen) atoms. The molecule has 4 heterocycles. The zero-order valence-corrected chi connectivity index (χ0v) is 24.4. The summed E-state index contributed by atoms with van der Waals surface area (Å²) in [4.78, 5) is 40.2. The number of anilines is 1. The molecule has 14 heteroatoms. The van der Waals surface area contributed by atoms with Crippen molar-refractivity contribution in [2.45, 2.75) is 32.0 Å². The highest BCUT2D eigenvalue weighted by Gasteiger charge is 2.38. The molecule has 1 aromatic carbocycles. The zero-order valence-electron chi connectivity index (χ0n) is 24.4. The molecule has 0 saturated carbocycles. The van der Waals surface area contributed by atoms with E-state index in [-0.39, 0.29) is 24.4 Å². The van der Waals surface area contributed by atoms with Crippen LogP contribution in [0.3, 0.4) is 0 Å². The number of nitrogen functional groups attached to an aromatic ring is 1. The van der Waals surface area contributed by atoms with Crippen LogP contribution in [-0.2, 0) is 6.54 Å². The summed E-state index contributed by atoms with van der Waals surface area (Å²) in [5, 5.41) is 1.98. The normalized spacial score (nSPS) is 17.3. The van der Waals surface area contributed by atoms with Gasteiger partial charge in [0, 0.05) is 69.5 Å². The van der Waals surface area contributed by atoms with Crippen LogP contribution < -0.4 is 11.1 Å². The lowest BCUT2D eigenvalue weighted by Crippen LogP contribution is -2.42. The number of hydrogen-bond acceptors (Lipinski definition) is 6. The zero-order chi connectivity index (χ0) is 30.9. The number of nitrogens with zero attached hydrogens (tertiary/aromatic N) is 7. The van der Waals surface area contributed by atoms with Crippen molar-refractivity contribution in [3.63, 3.8) is 0 Å². The number of alkyl halides is 3. The van der Waals surface area contributed by atoms with E-state index in [1.807, 2.05) is 54.0 Å². The van der Waals surface area contributed by atoms with Crippen LogP contribution in [0.1, 0.15) is 30.5 Å². The number of halogens is 3. The first-order valence-corrected chi connectivity index (χ1v) is 14.2. The van der Waals surface area contributed by atoms with Crippen LogP contribution >= 0.6 is 0 Å². The quantitative estimate of drug-likeness (QED) is 0.296. The molecule has 11 nitrogen and oxygen atoms in total. The first-order valence-electron chi connectivity index (χ1n) is 14.2. The van der Waals surface area contributed by atoms with E-state index in [9.17, 15) is 22.8 Å². The molecule has 1 saturated heterocycles. The number of carbonyl (C=O) groups excluding carboxylic acids is 2. The Morgan fingerprint density at radius 2 is 1.81 bits per heavy atom. The van der Waals surface area contributed by atoms with Gasteiger partial charge in [-0.2, -0.15) is 13.2 Å². The van der Waals surface area contributed by atoms with Crippen LogP contribution in [0.15, 0.2) is 48.9 Å². The minimum Gasteiger partial charge on any atom is -0.399 e. The number of carbonyl (C=O) groups is 2. The number of benzene rings is 1. The molecule has 2 unspecified atom stereocenters. The number of rotatable bonds is 8. The molecule has 1 fully saturated rings. The van der Waals surface area contributed by atoms with E-state index in [0.717, 1.165) is 24.2 Å². The Hall–Kier alpha value is -4.33. The number of urea groups is 1. The smallest absolute Gasteiger partial charge is 0.399 e. The summed E-state index contributed by atoms with van der Waals surface area (Å²) in [6.07, 6.45) is 1.25. The average Bonchev–Trinajstić information content (AvgIpc) is 3.71. The maximum absolute atomic E-state index is 13.5. The van der Waals surface area contributed by atoms with Gasteiger partial charge in [-0.05, 0) is 36.7 Å². The second-order valence-corrected chi connectivity index (χ2v) is 11.2. The first-order chi connectivity index (χ1) is 20.4. The number of aromatic nitrogens is 4. The summed E-state index contributed by atoms with van der Waals surface area (Å²) >= 11 is 0. The fourth-order valence-corrected chi connectivity index (χ4v) is 5.67. The van der Waals surface area contributed by atoms with Gasteiger partial charge in [0.25, 0.3) is 0 Å². The van der Waals surface area contributed by atoms with Gasteiger partial charge in [-0.15, -0.1) is 0 Å². The third-order valence-electron chi connectivity index (χ3n) is 8.05. The van der Waals surface area contributed by atoms with Crippen molar-refractivity contribution in [1.82, 2.24) is 39.0 Å². The highest BCUT2D eigenvalue weighted by atomic mass is 19.4. The molecule has 3 N–H and O–H groups in total. The molecule has 2 atom stereocenters. The van der Waals surface area contributed by atoms with Gasteiger partial charge in [0.1, 0.15) is 6.54 Å².